The molecule has 0 bridgehead atoms. The number of thioether (sulfide) groups is 1. The molecule has 0 atom stereocenters. The average Bonchev–Trinajstić information content (AvgIpc) is 3.19. The van der Waals surface area contributed by atoms with Crippen molar-refractivity contribution in [1.29, 1.82) is 0 Å². The highest BCUT2D eigenvalue weighted by Gasteiger charge is 2.16. The molecule has 3 rings (SSSR count). The van der Waals surface area contributed by atoms with Gasteiger partial charge in [-0.05, 0) is 24.3 Å². The number of nitrogens with zero attached hydrogens (tertiary/aromatic N) is 1. The van der Waals surface area contributed by atoms with Crippen molar-refractivity contribution in [3.63, 3.8) is 0 Å². The lowest BCUT2D eigenvalue weighted by Crippen LogP contribution is -2.37. The molecule has 2 aromatic heterocycles. The third kappa shape index (κ3) is 6.79. The fourth-order valence-corrected chi connectivity index (χ4v) is 4.47. The van der Waals surface area contributed by atoms with Crippen LogP contribution in [0, 0.1) is 0 Å². The number of thiophene rings is 1. The number of nitrogens with one attached hydrogen (secondary N) is 3. The molecule has 0 unspecified atom stereocenters. The van der Waals surface area contributed by atoms with Gasteiger partial charge < -0.3 is 15.6 Å². The molecule has 0 aromatic carbocycles. The van der Waals surface area contributed by atoms with Crippen LogP contribution in [-0.4, -0.2) is 33.6 Å². The van der Waals surface area contributed by atoms with E-state index in [0.29, 0.717) is 17.4 Å². The van der Waals surface area contributed by atoms with Crippen LogP contribution in [0.1, 0.15) is 42.7 Å². The molecule has 1 saturated carbocycles. The van der Waals surface area contributed by atoms with Crippen LogP contribution in [0.15, 0.2) is 33.5 Å². The summed E-state index contributed by atoms with van der Waals surface area (Å²) < 4.78 is 0. The maximum absolute atomic E-state index is 12.1. The molecular weight excluding hydrogens is 396 g/mol. The molecule has 1 fully saturated rings. The smallest absolute Gasteiger partial charge is 0.251 e. The summed E-state index contributed by atoms with van der Waals surface area (Å²) in [6, 6.07) is 5.45. The van der Waals surface area contributed by atoms with E-state index in [2.05, 4.69) is 20.6 Å². The highest BCUT2D eigenvalue weighted by molar-refractivity contribution is 7.99. The Balaban J connectivity index is 1.48. The van der Waals surface area contributed by atoms with E-state index >= 15 is 0 Å². The van der Waals surface area contributed by atoms with Crippen molar-refractivity contribution in [3.8, 4) is 0 Å². The van der Waals surface area contributed by atoms with Gasteiger partial charge in [-0.2, -0.15) is 0 Å². The van der Waals surface area contributed by atoms with Crippen LogP contribution in [0.2, 0.25) is 0 Å². The van der Waals surface area contributed by atoms with Gasteiger partial charge in [0.1, 0.15) is 0 Å². The van der Waals surface area contributed by atoms with Crippen molar-refractivity contribution in [2.45, 2.75) is 56.3 Å². The van der Waals surface area contributed by atoms with Crippen molar-refractivity contribution in [2.24, 2.45) is 0 Å². The summed E-state index contributed by atoms with van der Waals surface area (Å²) in [6.07, 6.45) is 5.63. The van der Waals surface area contributed by atoms with Crippen LogP contribution < -0.4 is 16.2 Å². The van der Waals surface area contributed by atoms with E-state index in [1.165, 1.54) is 24.2 Å². The summed E-state index contributed by atoms with van der Waals surface area (Å²) in [5, 5.41) is 8.16. The van der Waals surface area contributed by atoms with Crippen LogP contribution in [-0.2, 0) is 22.6 Å². The van der Waals surface area contributed by atoms with Crippen molar-refractivity contribution in [1.82, 2.24) is 20.6 Å². The second-order valence-corrected chi connectivity index (χ2v) is 8.76. The quantitative estimate of drug-likeness (QED) is 0.449. The van der Waals surface area contributed by atoms with Crippen LogP contribution in [0.4, 0.5) is 0 Å². The summed E-state index contributed by atoms with van der Waals surface area (Å²) >= 11 is 2.75. The van der Waals surface area contributed by atoms with Gasteiger partial charge in [0.2, 0.25) is 11.8 Å². The zero-order chi connectivity index (χ0) is 19.8. The Kier molecular flexibility index (Phi) is 7.67. The van der Waals surface area contributed by atoms with E-state index in [1.54, 1.807) is 11.3 Å². The van der Waals surface area contributed by atoms with Crippen molar-refractivity contribution < 1.29 is 9.59 Å². The van der Waals surface area contributed by atoms with Crippen LogP contribution in [0.25, 0.3) is 0 Å². The predicted octanol–water partition coefficient (Wildman–Crippen LogP) is 2.23. The number of hydrogen-bond acceptors (Lipinski definition) is 6. The van der Waals surface area contributed by atoms with Gasteiger partial charge in [0.25, 0.3) is 5.56 Å². The van der Waals surface area contributed by atoms with E-state index < -0.39 is 0 Å². The molecule has 1 aliphatic carbocycles. The standard InChI is InChI=1S/C19H24N4O3S2/c24-16(20-11-15-7-4-8-27-15)9-14-10-17(25)23-19(22-14)28-12-18(26)21-13-5-2-1-3-6-13/h4,7-8,10,13H,1-3,5-6,9,11-12H2,(H,20,24)(H,21,26)(H,22,23,25). The van der Waals surface area contributed by atoms with E-state index in [9.17, 15) is 14.4 Å². The molecule has 2 amide bonds. The number of carbonyl (C=O) groups excluding carboxylic acids is 2. The number of carbonyl (C=O) groups is 2. The fraction of sp³-hybridized carbons (Fsp3) is 0.474. The fourth-order valence-electron chi connectivity index (χ4n) is 3.12. The number of amides is 2. The zero-order valence-corrected chi connectivity index (χ0v) is 17.2. The van der Waals surface area contributed by atoms with Crippen LogP contribution >= 0.6 is 23.1 Å². The Morgan fingerprint density at radius 2 is 2.07 bits per heavy atom. The summed E-state index contributed by atoms with van der Waals surface area (Å²) in [6.45, 7) is 0.461. The Labute approximate surface area is 171 Å². The van der Waals surface area contributed by atoms with Crippen LogP contribution in [0.5, 0.6) is 0 Å². The molecule has 0 radical (unpaired) electrons. The minimum absolute atomic E-state index is 0.0249. The number of aromatic amines is 1. The number of hydrogen-bond donors (Lipinski definition) is 3. The Morgan fingerprint density at radius 1 is 1.25 bits per heavy atom. The summed E-state index contributed by atoms with van der Waals surface area (Å²) in [7, 11) is 0. The maximum Gasteiger partial charge on any atom is 0.251 e. The first-order chi connectivity index (χ1) is 13.6. The first-order valence-corrected chi connectivity index (χ1v) is 11.3. The SMILES string of the molecule is O=C(Cc1cc(=O)[nH]c(SCC(=O)NC2CCCCC2)n1)NCc1cccs1. The van der Waals surface area contributed by atoms with E-state index in [1.807, 2.05) is 17.5 Å². The summed E-state index contributed by atoms with van der Waals surface area (Å²) in [4.78, 5) is 44.1. The molecule has 0 aliphatic heterocycles. The Bertz CT molecular complexity index is 845. The topological polar surface area (TPSA) is 104 Å². The molecule has 1 aliphatic rings. The summed E-state index contributed by atoms with van der Waals surface area (Å²) in [5.74, 6) is -0.0656. The minimum atomic E-state index is -0.328. The number of H-pyrrole nitrogens is 1. The van der Waals surface area contributed by atoms with Gasteiger partial charge >= 0.3 is 0 Å². The Hall–Kier alpha value is -2.13. The third-order valence-corrected chi connectivity index (χ3v) is 6.21. The van der Waals surface area contributed by atoms with Gasteiger partial charge in [0.05, 0.1) is 24.4 Å². The predicted molar refractivity (Wildman–Crippen MR) is 110 cm³/mol. The Morgan fingerprint density at radius 3 is 2.82 bits per heavy atom. The van der Waals surface area contributed by atoms with Gasteiger partial charge in [-0.25, -0.2) is 4.98 Å². The molecule has 2 heterocycles. The largest absolute Gasteiger partial charge is 0.353 e. The first-order valence-electron chi connectivity index (χ1n) is 9.40. The van der Waals surface area contributed by atoms with Gasteiger partial charge in [-0.1, -0.05) is 37.1 Å². The second-order valence-electron chi connectivity index (χ2n) is 6.77. The van der Waals surface area contributed by atoms with E-state index in [0.717, 1.165) is 30.6 Å². The number of rotatable bonds is 8. The highest BCUT2D eigenvalue weighted by atomic mass is 32.2. The maximum atomic E-state index is 12.1. The van der Waals surface area contributed by atoms with Crippen molar-refractivity contribution in [2.75, 3.05) is 5.75 Å². The molecule has 2 aromatic rings. The number of aromatic nitrogens is 2. The third-order valence-electron chi connectivity index (χ3n) is 4.46. The van der Waals surface area contributed by atoms with Gasteiger partial charge in [0.15, 0.2) is 5.16 Å². The van der Waals surface area contributed by atoms with Gasteiger partial charge in [-0.15, -0.1) is 11.3 Å². The minimum Gasteiger partial charge on any atom is -0.353 e. The molecule has 0 saturated heterocycles. The van der Waals surface area contributed by atoms with Gasteiger partial charge in [0, 0.05) is 17.0 Å². The van der Waals surface area contributed by atoms with Gasteiger partial charge in [-0.3, -0.25) is 14.4 Å². The lowest BCUT2D eigenvalue weighted by atomic mass is 9.95. The summed E-state index contributed by atoms with van der Waals surface area (Å²) in [5.41, 5.74) is 0.0638. The lowest BCUT2D eigenvalue weighted by molar-refractivity contribution is -0.121. The van der Waals surface area contributed by atoms with Crippen LogP contribution in [0.3, 0.4) is 0 Å². The normalized spacial score (nSPS) is 14.6. The second kappa shape index (κ2) is 10.4. The molecule has 9 heteroatoms. The average molecular weight is 421 g/mol. The molecule has 3 N–H and O–H groups in total. The van der Waals surface area contributed by atoms with Crippen molar-refractivity contribution in [3.05, 3.63) is 44.5 Å². The molecule has 28 heavy (non-hydrogen) atoms. The van der Waals surface area contributed by atoms with E-state index in [-0.39, 0.29) is 35.6 Å². The molecular formula is C19H24N4O3S2. The zero-order valence-electron chi connectivity index (χ0n) is 15.5. The van der Waals surface area contributed by atoms with E-state index in [4.69, 9.17) is 0 Å². The molecule has 7 nitrogen and oxygen atoms in total. The first kappa shape index (κ1) is 20.6. The lowest BCUT2D eigenvalue weighted by Gasteiger charge is -2.22. The molecule has 0 spiro atoms. The van der Waals surface area contributed by atoms with Crippen molar-refractivity contribution >= 4 is 34.9 Å². The monoisotopic (exact) mass is 420 g/mol. The molecule has 150 valence electrons. The highest BCUT2D eigenvalue weighted by Crippen LogP contribution is 2.18.